The number of esters is 1. The molecule has 0 fully saturated rings. The maximum Gasteiger partial charge on any atom is 0.307 e. The number of Topliss-reactive ketones (excluding diaryl/α,β-unsaturated/α-hetero) is 1. The van der Waals surface area contributed by atoms with E-state index in [-0.39, 0.29) is 24.1 Å². The van der Waals surface area contributed by atoms with Crippen molar-refractivity contribution in [2.45, 2.75) is 66.2 Å². The number of ketones is 1. The van der Waals surface area contributed by atoms with Crippen LogP contribution < -0.4 is 16.0 Å². The zero-order chi connectivity index (χ0) is 28.6. The lowest BCUT2D eigenvalue weighted by molar-refractivity contribution is -0.154. The molecule has 0 saturated heterocycles. The SMILES string of the molecule is C=C(C)C(=O)NCCCNCc1c2ccccc2c(CNCCC(=O)OC(C)(C)C)c2cc(C(C)=O)ccc12. The van der Waals surface area contributed by atoms with Crippen molar-refractivity contribution in [1.29, 1.82) is 0 Å². The average molecular weight is 532 g/mol. The van der Waals surface area contributed by atoms with E-state index in [0.717, 1.165) is 40.1 Å². The molecule has 39 heavy (non-hydrogen) atoms. The fourth-order valence-corrected chi connectivity index (χ4v) is 4.53. The molecule has 0 heterocycles. The first kappa shape index (κ1) is 30.0. The van der Waals surface area contributed by atoms with Crippen LogP contribution in [0.3, 0.4) is 0 Å². The number of benzene rings is 3. The molecule has 0 aromatic heterocycles. The van der Waals surface area contributed by atoms with Crippen molar-refractivity contribution in [2.75, 3.05) is 19.6 Å². The Morgan fingerprint density at radius 3 is 2.00 bits per heavy atom. The molecule has 3 N–H and O–H groups in total. The molecule has 0 unspecified atom stereocenters. The van der Waals surface area contributed by atoms with Gasteiger partial charge >= 0.3 is 5.97 Å². The van der Waals surface area contributed by atoms with E-state index in [9.17, 15) is 14.4 Å². The molecule has 3 rings (SSSR count). The van der Waals surface area contributed by atoms with Crippen LogP contribution in [0, 0.1) is 0 Å². The number of hydrogen-bond donors (Lipinski definition) is 3. The summed E-state index contributed by atoms with van der Waals surface area (Å²) in [6.07, 6.45) is 1.07. The molecular formula is C32H41N3O4. The van der Waals surface area contributed by atoms with Crippen LogP contribution in [-0.4, -0.2) is 42.9 Å². The first-order chi connectivity index (χ1) is 18.5. The Balaban J connectivity index is 1.84. The largest absolute Gasteiger partial charge is 0.460 e. The normalized spacial score (nSPS) is 11.5. The van der Waals surface area contributed by atoms with Gasteiger partial charge in [0.15, 0.2) is 5.78 Å². The van der Waals surface area contributed by atoms with Crippen molar-refractivity contribution in [1.82, 2.24) is 16.0 Å². The van der Waals surface area contributed by atoms with Gasteiger partial charge in [0.1, 0.15) is 5.60 Å². The molecule has 3 aromatic carbocycles. The van der Waals surface area contributed by atoms with Crippen molar-refractivity contribution in [3.05, 3.63) is 71.3 Å². The van der Waals surface area contributed by atoms with Gasteiger partial charge < -0.3 is 20.7 Å². The first-order valence-corrected chi connectivity index (χ1v) is 13.5. The molecule has 208 valence electrons. The molecule has 1 amide bonds. The number of hydrogen-bond acceptors (Lipinski definition) is 6. The van der Waals surface area contributed by atoms with Crippen LogP contribution in [0.15, 0.2) is 54.6 Å². The van der Waals surface area contributed by atoms with E-state index in [0.29, 0.717) is 37.3 Å². The highest BCUT2D eigenvalue weighted by Crippen LogP contribution is 2.34. The van der Waals surface area contributed by atoms with E-state index in [1.54, 1.807) is 13.8 Å². The minimum absolute atomic E-state index is 0.0189. The third-order valence-electron chi connectivity index (χ3n) is 6.39. The van der Waals surface area contributed by atoms with Crippen LogP contribution in [0.25, 0.3) is 21.5 Å². The van der Waals surface area contributed by atoms with Gasteiger partial charge in [-0.25, -0.2) is 0 Å². The van der Waals surface area contributed by atoms with Crippen LogP contribution in [0.2, 0.25) is 0 Å². The minimum atomic E-state index is -0.505. The van der Waals surface area contributed by atoms with E-state index >= 15 is 0 Å². The summed E-state index contributed by atoms with van der Waals surface area (Å²) in [7, 11) is 0. The van der Waals surface area contributed by atoms with Crippen LogP contribution in [-0.2, 0) is 27.4 Å². The van der Waals surface area contributed by atoms with Gasteiger partial charge in [-0.3, -0.25) is 14.4 Å². The van der Waals surface area contributed by atoms with Gasteiger partial charge in [0, 0.05) is 37.3 Å². The molecule has 0 bridgehead atoms. The Morgan fingerprint density at radius 2 is 1.41 bits per heavy atom. The summed E-state index contributed by atoms with van der Waals surface area (Å²) in [5.41, 5.74) is 2.93. The van der Waals surface area contributed by atoms with Crippen molar-refractivity contribution in [3.8, 4) is 0 Å². The lowest BCUT2D eigenvalue weighted by Crippen LogP contribution is -2.27. The number of ether oxygens (including phenoxy) is 1. The zero-order valence-electron chi connectivity index (χ0n) is 23.8. The molecule has 0 spiro atoms. The highest BCUT2D eigenvalue weighted by Gasteiger charge is 2.17. The quantitative estimate of drug-likeness (QED) is 0.0924. The van der Waals surface area contributed by atoms with Crippen molar-refractivity contribution >= 4 is 39.2 Å². The fraction of sp³-hybridized carbons (Fsp3) is 0.406. The summed E-state index contributed by atoms with van der Waals surface area (Å²) in [4.78, 5) is 36.1. The summed E-state index contributed by atoms with van der Waals surface area (Å²) in [6, 6.07) is 14.2. The smallest absolute Gasteiger partial charge is 0.307 e. The monoisotopic (exact) mass is 531 g/mol. The Hall–Kier alpha value is -3.55. The van der Waals surface area contributed by atoms with Gasteiger partial charge in [0.2, 0.25) is 5.91 Å². The van der Waals surface area contributed by atoms with E-state index in [1.807, 2.05) is 51.1 Å². The second kappa shape index (κ2) is 13.5. The lowest BCUT2D eigenvalue weighted by Gasteiger charge is -2.20. The number of carbonyl (C=O) groups excluding carboxylic acids is 3. The van der Waals surface area contributed by atoms with Gasteiger partial charge in [-0.1, -0.05) is 43.0 Å². The second-order valence-corrected chi connectivity index (χ2v) is 10.9. The van der Waals surface area contributed by atoms with Crippen LogP contribution in [0.1, 0.15) is 68.9 Å². The Labute approximate surface area is 231 Å². The van der Waals surface area contributed by atoms with Gasteiger partial charge in [0.25, 0.3) is 0 Å². The number of nitrogens with one attached hydrogen (secondary N) is 3. The first-order valence-electron chi connectivity index (χ1n) is 13.5. The minimum Gasteiger partial charge on any atom is -0.460 e. The number of carbonyl (C=O) groups is 3. The van der Waals surface area contributed by atoms with Gasteiger partial charge in [0.05, 0.1) is 6.42 Å². The third-order valence-corrected chi connectivity index (χ3v) is 6.39. The van der Waals surface area contributed by atoms with Crippen LogP contribution >= 0.6 is 0 Å². The Kier molecular flexibility index (Phi) is 10.4. The third kappa shape index (κ3) is 8.47. The van der Waals surface area contributed by atoms with Gasteiger partial charge in [-0.15, -0.1) is 0 Å². The molecule has 7 nitrogen and oxygen atoms in total. The average Bonchev–Trinajstić information content (AvgIpc) is 2.87. The second-order valence-electron chi connectivity index (χ2n) is 10.9. The Morgan fingerprint density at radius 1 is 0.821 bits per heavy atom. The molecule has 3 aromatic rings. The molecule has 0 aliphatic heterocycles. The summed E-state index contributed by atoms with van der Waals surface area (Å²) in [5, 5.41) is 14.2. The standard InChI is InChI=1S/C32H41N3O4/c1-21(2)31(38)35-16-9-15-33-19-28-24-10-7-8-11-25(24)29(20-34-17-14-30(37)39-32(4,5)6)27-18-23(22(3)36)12-13-26(27)28/h7-8,10-13,18,33-34H,1,9,14-17,19-20H2,2-6H3,(H,35,38). The van der Waals surface area contributed by atoms with E-state index < -0.39 is 5.60 Å². The highest BCUT2D eigenvalue weighted by atomic mass is 16.6. The fourth-order valence-electron chi connectivity index (χ4n) is 4.53. The number of fused-ring (bicyclic) bond motifs is 2. The molecule has 0 aliphatic rings. The molecule has 0 radical (unpaired) electrons. The number of amides is 1. The molecular weight excluding hydrogens is 490 g/mol. The summed E-state index contributed by atoms with van der Waals surface area (Å²) >= 11 is 0. The molecule has 0 saturated carbocycles. The maximum atomic E-state index is 12.2. The summed E-state index contributed by atoms with van der Waals surface area (Å²) in [5.74, 6) is -0.335. The Bertz CT molecular complexity index is 1370. The van der Waals surface area contributed by atoms with E-state index in [4.69, 9.17) is 4.74 Å². The van der Waals surface area contributed by atoms with Gasteiger partial charge in [-0.05, 0) is 86.3 Å². The molecule has 7 heteroatoms. The van der Waals surface area contributed by atoms with Crippen molar-refractivity contribution in [3.63, 3.8) is 0 Å². The summed E-state index contributed by atoms with van der Waals surface area (Å²) in [6.45, 7) is 15.5. The van der Waals surface area contributed by atoms with Crippen molar-refractivity contribution < 1.29 is 19.1 Å². The van der Waals surface area contributed by atoms with E-state index in [1.165, 1.54) is 5.56 Å². The predicted octanol–water partition coefficient (Wildman–Crippen LogP) is 5.19. The molecule has 0 atom stereocenters. The van der Waals surface area contributed by atoms with Crippen molar-refractivity contribution in [2.24, 2.45) is 0 Å². The van der Waals surface area contributed by atoms with Crippen LogP contribution in [0.4, 0.5) is 0 Å². The topological polar surface area (TPSA) is 96.5 Å². The number of rotatable bonds is 13. The zero-order valence-corrected chi connectivity index (χ0v) is 23.8. The summed E-state index contributed by atoms with van der Waals surface area (Å²) < 4.78 is 5.42. The van der Waals surface area contributed by atoms with Crippen LogP contribution in [0.5, 0.6) is 0 Å². The van der Waals surface area contributed by atoms with Gasteiger partial charge in [-0.2, -0.15) is 0 Å². The maximum absolute atomic E-state index is 12.2. The highest BCUT2D eigenvalue weighted by molar-refractivity contribution is 6.08. The molecule has 0 aliphatic carbocycles. The van der Waals surface area contributed by atoms with E-state index in [2.05, 4.69) is 34.7 Å². The lowest BCUT2D eigenvalue weighted by atomic mass is 9.90. The predicted molar refractivity (Wildman–Crippen MR) is 158 cm³/mol.